The number of amidine groups is 1. The first-order valence-corrected chi connectivity index (χ1v) is 10.2. The Bertz CT molecular complexity index is 874. The first kappa shape index (κ1) is 21.5. The number of rotatable bonds is 3. The molecule has 2 aliphatic rings. The molecular weight excluding hydrogens is 382 g/mol. The number of nitrogens with zero attached hydrogens (tertiary/aromatic N) is 1. The maximum atomic E-state index is 12.7. The summed E-state index contributed by atoms with van der Waals surface area (Å²) in [5.41, 5.74) is 1.94. The summed E-state index contributed by atoms with van der Waals surface area (Å²) in [6.07, 6.45) is 7.36. The van der Waals surface area contributed by atoms with E-state index >= 15 is 0 Å². The van der Waals surface area contributed by atoms with Gasteiger partial charge in [-0.15, -0.1) is 0 Å². The zero-order valence-electron chi connectivity index (χ0n) is 17.1. The molecule has 158 valence electrons. The van der Waals surface area contributed by atoms with Gasteiger partial charge in [-0.2, -0.15) is 0 Å². The summed E-state index contributed by atoms with van der Waals surface area (Å²) in [4.78, 5) is 41.5. The number of ether oxygens (including phenoxy) is 1. The van der Waals surface area contributed by atoms with Gasteiger partial charge in [0.15, 0.2) is 0 Å². The van der Waals surface area contributed by atoms with Crippen LogP contribution in [-0.2, 0) is 19.1 Å². The van der Waals surface area contributed by atoms with E-state index in [4.69, 9.17) is 4.74 Å². The van der Waals surface area contributed by atoms with Crippen molar-refractivity contribution < 1.29 is 19.1 Å². The first-order valence-electron chi connectivity index (χ1n) is 10.2. The number of cyclic esters (lactones) is 1. The molecule has 0 spiro atoms. The number of hydrogen-bond donors (Lipinski definition) is 2. The monoisotopic (exact) mass is 409 g/mol. The minimum absolute atomic E-state index is 0.0175. The minimum atomic E-state index is -0.594. The van der Waals surface area contributed by atoms with Gasteiger partial charge < -0.3 is 15.4 Å². The molecule has 0 saturated heterocycles. The van der Waals surface area contributed by atoms with E-state index in [1.807, 2.05) is 49.4 Å². The van der Waals surface area contributed by atoms with Crippen LogP contribution in [0.5, 0.6) is 0 Å². The fraction of sp³-hybridized carbons (Fsp3) is 0.391. The Balaban J connectivity index is 1.66. The van der Waals surface area contributed by atoms with Gasteiger partial charge in [0.05, 0.1) is 12.0 Å². The molecule has 0 fully saturated rings. The molecular formula is C23H27N3O4. The topological polar surface area (TPSA) is 96.9 Å². The van der Waals surface area contributed by atoms with Gasteiger partial charge in [-0.1, -0.05) is 42.5 Å². The van der Waals surface area contributed by atoms with Crippen molar-refractivity contribution in [2.45, 2.75) is 45.1 Å². The van der Waals surface area contributed by atoms with E-state index in [0.29, 0.717) is 31.5 Å². The van der Waals surface area contributed by atoms with Crippen LogP contribution >= 0.6 is 0 Å². The van der Waals surface area contributed by atoms with E-state index in [9.17, 15) is 14.4 Å². The van der Waals surface area contributed by atoms with E-state index in [2.05, 4.69) is 15.6 Å². The highest BCUT2D eigenvalue weighted by Crippen LogP contribution is 2.18. The van der Waals surface area contributed by atoms with Crippen molar-refractivity contribution in [2.75, 3.05) is 6.61 Å². The van der Waals surface area contributed by atoms with Gasteiger partial charge >= 0.3 is 5.97 Å². The Morgan fingerprint density at radius 1 is 1.23 bits per heavy atom. The largest absolute Gasteiger partial charge is 0.463 e. The second kappa shape index (κ2) is 10.5. The molecule has 0 aliphatic carbocycles. The molecule has 1 aromatic rings. The highest BCUT2D eigenvalue weighted by atomic mass is 16.5. The summed E-state index contributed by atoms with van der Waals surface area (Å²) in [6, 6.07) is 8.97. The zero-order valence-corrected chi connectivity index (χ0v) is 17.1. The molecule has 2 amide bonds. The lowest BCUT2D eigenvalue weighted by Crippen LogP contribution is -2.35. The lowest BCUT2D eigenvalue weighted by molar-refractivity contribution is -0.151. The summed E-state index contributed by atoms with van der Waals surface area (Å²) >= 11 is 0. The van der Waals surface area contributed by atoms with E-state index in [0.717, 1.165) is 11.1 Å². The fourth-order valence-corrected chi connectivity index (χ4v) is 3.37. The molecule has 3 rings (SSSR count). The van der Waals surface area contributed by atoms with Crippen LogP contribution in [-0.4, -0.2) is 30.2 Å². The van der Waals surface area contributed by atoms with Gasteiger partial charge in [0.25, 0.3) is 0 Å². The van der Waals surface area contributed by atoms with Gasteiger partial charge in [0.2, 0.25) is 11.8 Å². The standard InChI is InChI=1S/C23H27N3O4/c1-16-12-20(24-14-16)26-22(28)13-18-10-6-3-7-11-21(27)25-19(15-30-23(18)29)17-8-4-2-5-9-17/h2-6,8-9,14,18-19H,7,10-13,15H2,1H3,(H,25,27)(H,24,26,28)/b6-3+/t18-,19-/m0/s1. The summed E-state index contributed by atoms with van der Waals surface area (Å²) in [6.45, 7) is 1.96. The Hall–Kier alpha value is -3.22. The number of esters is 1. The minimum Gasteiger partial charge on any atom is -0.463 e. The van der Waals surface area contributed by atoms with Crippen LogP contribution in [0.2, 0.25) is 0 Å². The Morgan fingerprint density at radius 2 is 2.03 bits per heavy atom. The third-order valence-corrected chi connectivity index (χ3v) is 4.99. The summed E-state index contributed by atoms with van der Waals surface area (Å²) in [5.74, 6) is -0.798. The van der Waals surface area contributed by atoms with Crippen molar-refractivity contribution in [1.82, 2.24) is 10.6 Å². The number of carbonyl (C=O) groups excluding carboxylic acids is 3. The number of aliphatic imine (C=N–C) groups is 1. The average Bonchev–Trinajstić information content (AvgIpc) is 3.13. The maximum absolute atomic E-state index is 12.7. The fourth-order valence-electron chi connectivity index (χ4n) is 3.37. The van der Waals surface area contributed by atoms with E-state index in [-0.39, 0.29) is 24.8 Å². The van der Waals surface area contributed by atoms with Crippen LogP contribution < -0.4 is 10.6 Å². The van der Waals surface area contributed by atoms with Crippen molar-refractivity contribution in [2.24, 2.45) is 10.9 Å². The van der Waals surface area contributed by atoms with Crippen LogP contribution in [0, 0.1) is 5.92 Å². The number of amides is 2. The third kappa shape index (κ3) is 6.40. The summed E-state index contributed by atoms with van der Waals surface area (Å²) in [5, 5.41) is 5.70. The molecule has 0 saturated carbocycles. The zero-order chi connectivity index (χ0) is 21.3. The van der Waals surface area contributed by atoms with Crippen LogP contribution in [0.3, 0.4) is 0 Å². The summed E-state index contributed by atoms with van der Waals surface area (Å²) in [7, 11) is 0. The first-order chi connectivity index (χ1) is 14.5. The van der Waals surface area contributed by atoms with Crippen molar-refractivity contribution >= 4 is 23.6 Å². The van der Waals surface area contributed by atoms with Gasteiger partial charge in [-0.3, -0.25) is 14.4 Å². The number of nitrogens with one attached hydrogen (secondary N) is 2. The molecule has 2 N–H and O–H groups in total. The van der Waals surface area contributed by atoms with Crippen molar-refractivity contribution in [3.05, 3.63) is 59.8 Å². The highest BCUT2D eigenvalue weighted by Gasteiger charge is 2.25. The number of allylic oxidation sites excluding steroid dienone is 2. The van der Waals surface area contributed by atoms with E-state index < -0.39 is 17.9 Å². The second-order valence-electron chi connectivity index (χ2n) is 7.58. The lowest BCUT2D eigenvalue weighted by atomic mass is 9.99. The molecule has 0 aromatic heterocycles. The Morgan fingerprint density at radius 3 is 2.77 bits per heavy atom. The predicted molar refractivity (Wildman–Crippen MR) is 113 cm³/mol. The number of carbonyl (C=O) groups is 3. The smallest absolute Gasteiger partial charge is 0.309 e. The van der Waals surface area contributed by atoms with Crippen molar-refractivity contribution in [1.29, 1.82) is 0 Å². The molecule has 30 heavy (non-hydrogen) atoms. The van der Waals surface area contributed by atoms with Gasteiger partial charge in [0.1, 0.15) is 12.4 Å². The lowest BCUT2D eigenvalue weighted by Gasteiger charge is -2.21. The molecule has 0 unspecified atom stereocenters. The Kier molecular flexibility index (Phi) is 7.54. The number of hydrogen-bond acceptors (Lipinski definition) is 5. The molecule has 2 atom stereocenters. The molecule has 2 heterocycles. The van der Waals surface area contributed by atoms with Crippen LogP contribution in [0.1, 0.15) is 50.6 Å². The molecule has 7 heteroatoms. The second-order valence-corrected chi connectivity index (χ2v) is 7.58. The Labute approximate surface area is 176 Å². The van der Waals surface area contributed by atoms with Crippen LogP contribution in [0.25, 0.3) is 0 Å². The molecule has 0 bridgehead atoms. The number of benzene rings is 1. The maximum Gasteiger partial charge on any atom is 0.309 e. The van der Waals surface area contributed by atoms with Gasteiger partial charge in [0, 0.05) is 25.5 Å². The van der Waals surface area contributed by atoms with E-state index in [1.165, 1.54) is 0 Å². The SMILES string of the molecule is CC1=CN=C(NC(=O)C[C@@H]2C/C=C/CCC(=O)N[C@H](c3ccccc3)COC2=O)C1. The van der Waals surface area contributed by atoms with Crippen LogP contribution in [0.4, 0.5) is 0 Å². The predicted octanol–water partition coefficient (Wildman–Crippen LogP) is 2.96. The third-order valence-electron chi connectivity index (χ3n) is 4.99. The van der Waals surface area contributed by atoms with Crippen molar-refractivity contribution in [3.8, 4) is 0 Å². The molecule has 2 aliphatic heterocycles. The normalized spacial score (nSPS) is 23.8. The highest BCUT2D eigenvalue weighted by molar-refractivity contribution is 6.01. The summed E-state index contributed by atoms with van der Waals surface area (Å²) < 4.78 is 5.52. The quantitative estimate of drug-likeness (QED) is 0.592. The van der Waals surface area contributed by atoms with Gasteiger partial charge in [-0.25, -0.2) is 4.99 Å². The molecule has 0 radical (unpaired) electrons. The van der Waals surface area contributed by atoms with Crippen LogP contribution in [0.15, 0.2) is 59.2 Å². The van der Waals surface area contributed by atoms with E-state index in [1.54, 1.807) is 6.20 Å². The van der Waals surface area contributed by atoms with Gasteiger partial charge in [-0.05, 0) is 30.9 Å². The molecule has 7 nitrogen and oxygen atoms in total. The average molecular weight is 409 g/mol. The van der Waals surface area contributed by atoms with Crippen molar-refractivity contribution in [3.63, 3.8) is 0 Å². The molecule has 1 aromatic carbocycles.